The average Bonchev–Trinajstić information content (AvgIpc) is 3.25. The lowest BCUT2D eigenvalue weighted by molar-refractivity contribution is -0.122. The molecule has 0 saturated carbocycles. The third-order valence-electron chi connectivity index (χ3n) is 5.04. The Morgan fingerprint density at radius 3 is 2.50 bits per heavy atom. The molecule has 0 bridgehead atoms. The summed E-state index contributed by atoms with van der Waals surface area (Å²) in [5, 5.41) is 6.47. The van der Waals surface area contributed by atoms with E-state index < -0.39 is 6.04 Å². The molecule has 4 aromatic rings. The first-order chi connectivity index (χ1) is 15.6. The smallest absolute Gasteiger partial charge is 0.252 e. The van der Waals surface area contributed by atoms with E-state index in [1.807, 2.05) is 72.8 Å². The number of rotatable bonds is 8. The molecule has 2 amide bonds. The Morgan fingerprint density at radius 2 is 1.69 bits per heavy atom. The van der Waals surface area contributed by atoms with Crippen molar-refractivity contribution in [1.82, 2.24) is 20.6 Å². The third kappa shape index (κ3) is 5.36. The number of para-hydroxylation sites is 2. The number of nitrogens with zero attached hydrogens (tertiary/aromatic N) is 1. The highest BCUT2D eigenvalue weighted by Gasteiger charge is 2.18. The fraction of sp³-hybridized carbons (Fsp3) is 0.160. The number of nitrogens with one attached hydrogen (secondary N) is 3. The van der Waals surface area contributed by atoms with E-state index in [0.717, 1.165) is 27.3 Å². The summed E-state index contributed by atoms with van der Waals surface area (Å²) in [5.41, 5.74) is 4.34. The Labute approximate surface area is 190 Å². The van der Waals surface area contributed by atoms with Crippen LogP contribution in [0.3, 0.4) is 0 Å². The molecule has 0 aliphatic rings. The van der Waals surface area contributed by atoms with E-state index >= 15 is 0 Å². The van der Waals surface area contributed by atoms with Gasteiger partial charge in [-0.05, 0) is 36.2 Å². The van der Waals surface area contributed by atoms with Crippen molar-refractivity contribution in [2.24, 2.45) is 0 Å². The van der Waals surface area contributed by atoms with Gasteiger partial charge in [0.1, 0.15) is 6.04 Å². The molecule has 1 heterocycles. The van der Waals surface area contributed by atoms with E-state index in [-0.39, 0.29) is 11.8 Å². The molecule has 0 spiro atoms. The number of hydrogen-bond acceptors (Lipinski definition) is 4. The van der Waals surface area contributed by atoms with Crippen LogP contribution in [0.2, 0.25) is 0 Å². The van der Waals surface area contributed by atoms with Crippen LogP contribution in [0, 0.1) is 0 Å². The number of amides is 2. The second kappa shape index (κ2) is 10.2. The van der Waals surface area contributed by atoms with Crippen molar-refractivity contribution in [1.29, 1.82) is 0 Å². The van der Waals surface area contributed by atoms with Crippen LogP contribution in [0.1, 0.15) is 28.4 Å². The first-order valence-corrected chi connectivity index (χ1v) is 11.4. The van der Waals surface area contributed by atoms with Crippen molar-refractivity contribution in [3.05, 3.63) is 95.6 Å². The minimum Gasteiger partial charge on any atom is -0.350 e. The summed E-state index contributed by atoms with van der Waals surface area (Å²) in [6, 6.07) is 24.3. The number of carbonyl (C=O) groups is 2. The van der Waals surface area contributed by atoms with Gasteiger partial charge in [-0.1, -0.05) is 72.4 Å². The van der Waals surface area contributed by atoms with Gasteiger partial charge in [-0.25, -0.2) is 4.98 Å². The van der Waals surface area contributed by atoms with Gasteiger partial charge in [0.2, 0.25) is 5.91 Å². The minimum absolute atomic E-state index is 0.226. The molecular formula is C25H24N4O2S. The lowest BCUT2D eigenvalue weighted by Gasteiger charge is -2.15. The zero-order valence-electron chi connectivity index (χ0n) is 17.7. The summed E-state index contributed by atoms with van der Waals surface area (Å²) in [5.74, 6) is 0.0855. The van der Waals surface area contributed by atoms with E-state index in [4.69, 9.17) is 0 Å². The normalized spacial score (nSPS) is 11.8. The van der Waals surface area contributed by atoms with Crippen LogP contribution in [0.4, 0.5) is 0 Å². The Balaban J connectivity index is 1.36. The molecule has 3 N–H and O–H groups in total. The summed E-state index contributed by atoms with van der Waals surface area (Å²) >= 11 is 1.54. The number of aromatic nitrogens is 2. The number of thioether (sulfide) groups is 1. The van der Waals surface area contributed by atoms with Crippen LogP contribution in [0.5, 0.6) is 0 Å². The van der Waals surface area contributed by atoms with E-state index in [0.29, 0.717) is 17.9 Å². The predicted octanol–water partition coefficient (Wildman–Crippen LogP) is 4.29. The number of aromatic amines is 1. The van der Waals surface area contributed by atoms with Crippen molar-refractivity contribution in [3.63, 3.8) is 0 Å². The topological polar surface area (TPSA) is 86.9 Å². The summed E-state index contributed by atoms with van der Waals surface area (Å²) in [4.78, 5) is 33.2. The number of imidazole rings is 1. The SMILES string of the molecule is CC(NC(=O)c1ccccc1CSc1nc2ccccc2[nH]1)C(=O)NCc1ccccc1. The number of hydrogen-bond donors (Lipinski definition) is 3. The number of fused-ring (bicyclic) bond motifs is 1. The summed E-state index contributed by atoms with van der Waals surface area (Å²) in [7, 11) is 0. The Kier molecular flexibility index (Phi) is 6.87. The highest BCUT2D eigenvalue weighted by Crippen LogP contribution is 2.24. The van der Waals surface area contributed by atoms with Gasteiger partial charge in [0.25, 0.3) is 5.91 Å². The number of benzene rings is 3. The standard InChI is InChI=1S/C25H24N4O2S/c1-17(23(30)26-15-18-9-3-2-4-10-18)27-24(31)20-12-6-5-11-19(20)16-32-25-28-21-13-7-8-14-22(21)29-25/h2-14,17H,15-16H2,1H3,(H,26,30)(H,27,31)(H,28,29). The molecule has 1 aromatic heterocycles. The molecule has 1 atom stereocenters. The van der Waals surface area contributed by atoms with Crippen LogP contribution in [0.15, 0.2) is 84.0 Å². The fourth-order valence-electron chi connectivity index (χ4n) is 3.29. The van der Waals surface area contributed by atoms with E-state index in [9.17, 15) is 9.59 Å². The Hall–Kier alpha value is -3.58. The van der Waals surface area contributed by atoms with Crippen molar-refractivity contribution in [2.75, 3.05) is 0 Å². The minimum atomic E-state index is -0.651. The van der Waals surface area contributed by atoms with Gasteiger partial charge in [0.15, 0.2) is 5.16 Å². The van der Waals surface area contributed by atoms with Gasteiger partial charge < -0.3 is 15.6 Å². The Morgan fingerprint density at radius 1 is 0.969 bits per heavy atom. The molecule has 0 radical (unpaired) electrons. The predicted molar refractivity (Wildman–Crippen MR) is 127 cm³/mol. The molecule has 0 fully saturated rings. The summed E-state index contributed by atoms with van der Waals surface area (Å²) in [6.07, 6.45) is 0. The maximum Gasteiger partial charge on any atom is 0.252 e. The second-order valence-electron chi connectivity index (χ2n) is 7.40. The lowest BCUT2D eigenvalue weighted by Crippen LogP contribution is -2.44. The molecule has 0 saturated heterocycles. The quantitative estimate of drug-likeness (QED) is 0.354. The van der Waals surface area contributed by atoms with E-state index in [2.05, 4.69) is 20.6 Å². The van der Waals surface area contributed by atoms with Crippen molar-refractivity contribution in [2.45, 2.75) is 30.4 Å². The van der Waals surface area contributed by atoms with Gasteiger partial charge in [-0.3, -0.25) is 9.59 Å². The van der Waals surface area contributed by atoms with Gasteiger partial charge in [-0.15, -0.1) is 0 Å². The van der Waals surface area contributed by atoms with E-state index in [1.165, 1.54) is 11.8 Å². The first-order valence-electron chi connectivity index (χ1n) is 10.4. The maximum atomic E-state index is 12.9. The highest BCUT2D eigenvalue weighted by molar-refractivity contribution is 7.98. The van der Waals surface area contributed by atoms with E-state index in [1.54, 1.807) is 13.0 Å². The molecule has 7 heteroatoms. The van der Waals surface area contributed by atoms with Crippen LogP contribution in [0.25, 0.3) is 11.0 Å². The van der Waals surface area contributed by atoms with Crippen LogP contribution >= 0.6 is 11.8 Å². The van der Waals surface area contributed by atoms with Crippen LogP contribution in [-0.2, 0) is 17.1 Å². The monoisotopic (exact) mass is 444 g/mol. The zero-order valence-corrected chi connectivity index (χ0v) is 18.5. The van der Waals surface area contributed by atoms with Gasteiger partial charge in [0, 0.05) is 17.9 Å². The largest absolute Gasteiger partial charge is 0.350 e. The zero-order chi connectivity index (χ0) is 22.3. The molecule has 0 aliphatic heterocycles. The van der Waals surface area contributed by atoms with Crippen molar-refractivity contribution >= 4 is 34.6 Å². The first kappa shape index (κ1) is 21.6. The molecule has 6 nitrogen and oxygen atoms in total. The second-order valence-corrected chi connectivity index (χ2v) is 8.37. The average molecular weight is 445 g/mol. The molecule has 4 rings (SSSR count). The molecule has 32 heavy (non-hydrogen) atoms. The number of carbonyl (C=O) groups excluding carboxylic acids is 2. The molecule has 162 valence electrons. The lowest BCUT2D eigenvalue weighted by atomic mass is 10.1. The Bertz CT molecular complexity index is 1190. The fourth-order valence-corrected chi connectivity index (χ4v) is 4.18. The van der Waals surface area contributed by atoms with Gasteiger partial charge >= 0.3 is 0 Å². The van der Waals surface area contributed by atoms with Crippen molar-refractivity contribution in [3.8, 4) is 0 Å². The van der Waals surface area contributed by atoms with Crippen molar-refractivity contribution < 1.29 is 9.59 Å². The maximum absolute atomic E-state index is 12.9. The summed E-state index contributed by atoms with van der Waals surface area (Å²) < 4.78 is 0. The molecule has 1 unspecified atom stereocenters. The molecule has 0 aliphatic carbocycles. The van der Waals surface area contributed by atoms with Crippen LogP contribution in [-0.4, -0.2) is 27.8 Å². The van der Waals surface area contributed by atoms with Crippen LogP contribution < -0.4 is 10.6 Å². The molecule has 3 aromatic carbocycles. The molecular weight excluding hydrogens is 420 g/mol. The highest BCUT2D eigenvalue weighted by atomic mass is 32.2. The van der Waals surface area contributed by atoms with Gasteiger partial charge in [0.05, 0.1) is 11.0 Å². The number of H-pyrrole nitrogens is 1. The summed E-state index contributed by atoms with van der Waals surface area (Å²) in [6.45, 7) is 2.11. The van der Waals surface area contributed by atoms with Gasteiger partial charge in [-0.2, -0.15) is 0 Å². The third-order valence-corrected chi connectivity index (χ3v) is 5.97.